The van der Waals surface area contributed by atoms with Gasteiger partial charge in [-0.3, -0.25) is 4.79 Å². The van der Waals surface area contributed by atoms with E-state index in [1.807, 2.05) is 0 Å². The third kappa shape index (κ3) is 3.00. The fourth-order valence-corrected chi connectivity index (χ4v) is 2.15. The number of carbonyl (C=O) groups excluding carboxylic acids is 1. The lowest BCUT2D eigenvalue weighted by molar-refractivity contribution is 0.102. The zero-order valence-corrected chi connectivity index (χ0v) is 12.5. The number of nitrogens with one attached hydrogen (secondary N) is 1. The SMILES string of the molecule is Nc1c(C(=O)Nc2ccccc2Cl)nnn1-c1ccc(F)cc1. The monoisotopic (exact) mass is 331 g/mol. The summed E-state index contributed by atoms with van der Waals surface area (Å²) in [4.78, 5) is 12.3. The van der Waals surface area contributed by atoms with Crippen molar-refractivity contribution in [1.29, 1.82) is 0 Å². The topological polar surface area (TPSA) is 85.8 Å². The van der Waals surface area contributed by atoms with Crippen LogP contribution in [-0.2, 0) is 0 Å². The predicted octanol–water partition coefficient (Wildman–Crippen LogP) is 2.89. The molecule has 0 unspecified atom stereocenters. The maximum absolute atomic E-state index is 13.0. The molecule has 0 aliphatic rings. The Hall–Kier alpha value is -2.93. The Bertz CT molecular complexity index is 863. The van der Waals surface area contributed by atoms with Crippen LogP contribution in [0.5, 0.6) is 0 Å². The van der Waals surface area contributed by atoms with Crippen molar-refractivity contribution in [1.82, 2.24) is 15.0 Å². The molecule has 0 aliphatic heterocycles. The normalized spacial score (nSPS) is 10.5. The average molecular weight is 332 g/mol. The summed E-state index contributed by atoms with van der Waals surface area (Å²) in [6.07, 6.45) is 0. The van der Waals surface area contributed by atoms with Crippen molar-refractivity contribution in [3.8, 4) is 5.69 Å². The first-order valence-corrected chi connectivity index (χ1v) is 6.97. The number of rotatable bonds is 3. The zero-order valence-electron chi connectivity index (χ0n) is 11.7. The lowest BCUT2D eigenvalue weighted by atomic mass is 10.3. The molecule has 0 radical (unpaired) electrons. The molecule has 8 heteroatoms. The summed E-state index contributed by atoms with van der Waals surface area (Å²) in [5.74, 6) is -0.880. The minimum atomic E-state index is -0.538. The molecule has 6 nitrogen and oxygen atoms in total. The molecule has 116 valence electrons. The molecule has 0 aliphatic carbocycles. The fourth-order valence-electron chi connectivity index (χ4n) is 1.97. The van der Waals surface area contributed by atoms with Crippen molar-refractivity contribution in [3.05, 3.63) is 65.1 Å². The van der Waals surface area contributed by atoms with Crippen LogP contribution in [0.15, 0.2) is 48.5 Å². The molecule has 0 saturated carbocycles. The Balaban J connectivity index is 1.88. The molecule has 3 N–H and O–H groups in total. The van der Waals surface area contributed by atoms with Crippen LogP contribution in [0.1, 0.15) is 10.5 Å². The van der Waals surface area contributed by atoms with Gasteiger partial charge < -0.3 is 11.1 Å². The van der Waals surface area contributed by atoms with Gasteiger partial charge in [0.2, 0.25) is 0 Å². The minimum Gasteiger partial charge on any atom is -0.382 e. The number of nitrogen functional groups attached to an aromatic ring is 1. The Morgan fingerprint density at radius 3 is 2.57 bits per heavy atom. The van der Waals surface area contributed by atoms with E-state index in [0.717, 1.165) is 0 Å². The van der Waals surface area contributed by atoms with Gasteiger partial charge in [0, 0.05) is 0 Å². The molecule has 0 fully saturated rings. The summed E-state index contributed by atoms with van der Waals surface area (Å²) in [5, 5.41) is 10.6. The van der Waals surface area contributed by atoms with Gasteiger partial charge >= 0.3 is 0 Å². The number of amides is 1. The van der Waals surface area contributed by atoms with Crippen molar-refractivity contribution >= 4 is 29.0 Å². The van der Waals surface area contributed by atoms with E-state index in [1.54, 1.807) is 24.3 Å². The van der Waals surface area contributed by atoms with E-state index in [-0.39, 0.29) is 17.3 Å². The number of aromatic nitrogens is 3. The van der Waals surface area contributed by atoms with Gasteiger partial charge in [-0.15, -0.1) is 5.10 Å². The fraction of sp³-hybridized carbons (Fsp3) is 0. The van der Waals surface area contributed by atoms with E-state index in [4.69, 9.17) is 17.3 Å². The van der Waals surface area contributed by atoms with Crippen LogP contribution in [0.4, 0.5) is 15.9 Å². The Kier molecular flexibility index (Phi) is 3.94. The van der Waals surface area contributed by atoms with Crippen molar-refractivity contribution in [2.24, 2.45) is 0 Å². The van der Waals surface area contributed by atoms with E-state index in [0.29, 0.717) is 16.4 Å². The molecule has 0 bridgehead atoms. The van der Waals surface area contributed by atoms with Crippen LogP contribution in [-0.4, -0.2) is 20.9 Å². The third-order valence-corrected chi connectivity index (χ3v) is 3.44. The van der Waals surface area contributed by atoms with Gasteiger partial charge in [0.15, 0.2) is 11.5 Å². The van der Waals surface area contributed by atoms with Gasteiger partial charge in [-0.2, -0.15) is 4.68 Å². The maximum atomic E-state index is 13.0. The second kappa shape index (κ2) is 6.05. The van der Waals surface area contributed by atoms with E-state index < -0.39 is 5.91 Å². The number of hydrogen-bond donors (Lipinski definition) is 2. The van der Waals surface area contributed by atoms with E-state index >= 15 is 0 Å². The number of benzene rings is 2. The summed E-state index contributed by atoms with van der Waals surface area (Å²) in [6.45, 7) is 0. The lowest BCUT2D eigenvalue weighted by Gasteiger charge is -2.06. The molecule has 3 aromatic rings. The lowest BCUT2D eigenvalue weighted by Crippen LogP contribution is -2.15. The van der Waals surface area contributed by atoms with Gasteiger partial charge in [-0.1, -0.05) is 28.9 Å². The van der Waals surface area contributed by atoms with Gasteiger partial charge in [-0.25, -0.2) is 4.39 Å². The Labute approximate surface area is 135 Å². The Morgan fingerprint density at radius 2 is 1.87 bits per heavy atom. The van der Waals surface area contributed by atoms with Gasteiger partial charge in [0.1, 0.15) is 5.82 Å². The van der Waals surface area contributed by atoms with Crippen LogP contribution in [0.2, 0.25) is 5.02 Å². The number of halogens is 2. The summed E-state index contributed by atoms with van der Waals surface area (Å²) < 4.78 is 14.2. The molecule has 0 saturated heterocycles. The van der Waals surface area contributed by atoms with Crippen molar-refractivity contribution in [3.63, 3.8) is 0 Å². The van der Waals surface area contributed by atoms with Crippen LogP contribution in [0.3, 0.4) is 0 Å². The van der Waals surface area contributed by atoms with Gasteiger partial charge in [0.05, 0.1) is 16.4 Å². The highest BCUT2D eigenvalue weighted by atomic mass is 35.5. The van der Waals surface area contributed by atoms with Gasteiger partial charge in [0.25, 0.3) is 5.91 Å². The van der Waals surface area contributed by atoms with Crippen LogP contribution >= 0.6 is 11.6 Å². The smallest absolute Gasteiger partial charge is 0.280 e. The molecule has 0 spiro atoms. The number of carbonyl (C=O) groups is 1. The average Bonchev–Trinajstić information content (AvgIpc) is 2.92. The molecule has 3 rings (SSSR count). The zero-order chi connectivity index (χ0) is 16.4. The molecule has 0 atom stereocenters. The molecule has 1 aromatic heterocycles. The molecule has 2 aromatic carbocycles. The standard InChI is InChI=1S/C15H11ClFN5O/c16-11-3-1-2-4-12(11)19-15(23)13-14(18)22(21-20-13)10-7-5-9(17)6-8-10/h1-8H,18H2,(H,19,23). The molecular weight excluding hydrogens is 321 g/mol. The third-order valence-electron chi connectivity index (χ3n) is 3.11. The Morgan fingerprint density at radius 1 is 1.17 bits per heavy atom. The predicted molar refractivity (Wildman–Crippen MR) is 85.1 cm³/mol. The summed E-state index contributed by atoms with van der Waals surface area (Å²) in [7, 11) is 0. The number of para-hydroxylation sites is 1. The maximum Gasteiger partial charge on any atom is 0.280 e. The van der Waals surface area contributed by atoms with E-state index in [2.05, 4.69) is 15.6 Å². The van der Waals surface area contributed by atoms with Gasteiger partial charge in [-0.05, 0) is 36.4 Å². The summed E-state index contributed by atoms with van der Waals surface area (Å²) in [5.41, 5.74) is 6.80. The highest BCUT2D eigenvalue weighted by molar-refractivity contribution is 6.33. The van der Waals surface area contributed by atoms with E-state index in [9.17, 15) is 9.18 Å². The van der Waals surface area contributed by atoms with Crippen molar-refractivity contribution in [2.45, 2.75) is 0 Å². The number of nitrogens with zero attached hydrogens (tertiary/aromatic N) is 3. The molecule has 23 heavy (non-hydrogen) atoms. The van der Waals surface area contributed by atoms with Crippen LogP contribution in [0, 0.1) is 5.82 Å². The number of hydrogen-bond acceptors (Lipinski definition) is 4. The van der Waals surface area contributed by atoms with E-state index in [1.165, 1.54) is 28.9 Å². The quantitative estimate of drug-likeness (QED) is 0.772. The second-order valence-electron chi connectivity index (χ2n) is 4.65. The van der Waals surface area contributed by atoms with Crippen LogP contribution in [0.25, 0.3) is 5.69 Å². The first-order chi connectivity index (χ1) is 11.1. The second-order valence-corrected chi connectivity index (χ2v) is 5.05. The molecule has 1 amide bonds. The highest BCUT2D eigenvalue weighted by Gasteiger charge is 2.19. The first-order valence-electron chi connectivity index (χ1n) is 6.59. The highest BCUT2D eigenvalue weighted by Crippen LogP contribution is 2.22. The largest absolute Gasteiger partial charge is 0.382 e. The van der Waals surface area contributed by atoms with Crippen molar-refractivity contribution < 1.29 is 9.18 Å². The number of anilines is 2. The van der Waals surface area contributed by atoms with Crippen molar-refractivity contribution in [2.75, 3.05) is 11.1 Å². The minimum absolute atomic E-state index is 0.0427. The van der Waals surface area contributed by atoms with Crippen LogP contribution < -0.4 is 11.1 Å². The summed E-state index contributed by atoms with van der Waals surface area (Å²) >= 11 is 5.99. The molecule has 1 heterocycles. The number of nitrogens with two attached hydrogens (primary N) is 1. The summed E-state index contributed by atoms with van der Waals surface area (Å²) in [6, 6.07) is 12.3. The first kappa shape index (κ1) is 15.0. The molecular formula is C15H11ClFN5O.